The molecule has 0 saturated heterocycles. The highest BCUT2D eigenvalue weighted by Crippen LogP contribution is 2.16. The molecule has 0 spiro atoms. The minimum absolute atomic E-state index is 0.000162. The van der Waals surface area contributed by atoms with Gasteiger partial charge in [0.2, 0.25) is 0 Å². The highest BCUT2D eigenvalue weighted by Gasteiger charge is 2.12. The summed E-state index contributed by atoms with van der Waals surface area (Å²) in [5.41, 5.74) is 2.04. The standard InChI is InChI=1S/C13H23N3O/c1-5-7-14-9-11-8-10(3)15-13(16-11)12(6-2)17-4/h8,12,14H,5-7,9H2,1-4H3. The molecular formula is C13H23N3O. The van der Waals surface area contributed by atoms with Crippen LogP contribution in [0.3, 0.4) is 0 Å². The average Bonchev–Trinajstić information content (AvgIpc) is 2.30. The third kappa shape index (κ3) is 4.40. The van der Waals surface area contributed by atoms with Crippen LogP contribution in [0.2, 0.25) is 0 Å². The SMILES string of the molecule is CCCNCc1cc(C)nc(C(CC)OC)n1. The van der Waals surface area contributed by atoms with Crippen molar-refractivity contribution in [3.8, 4) is 0 Å². The maximum absolute atomic E-state index is 5.38. The molecule has 4 nitrogen and oxygen atoms in total. The van der Waals surface area contributed by atoms with Crippen molar-refractivity contribution < 1.29 is 4.74 Å². The molecule has 1 unspecified atom stereocenters. The molecule has 96 valence electrons. The van der Waals surface area contributed by atoms with E-state index in [9.17, 15) is 0 Å². The Morgan fingerprint density at radius 1 is 1.35 bits per heavy atom. The van der Waals surface area contributed by atoms with Gasteiger partial charge in [-0.3, -0.25) is 0 Å². The fourth-order valence-corrected chi connectivity index (χ4v) is 1.74. The molecule has 0 amide bonds. The van der Waals surface area contributed by atoms with Crippen molar-refractivity contribution in [3.05, 3.63) is 23.3 Å². The Morgan fingerprint density at radius 3 is 2.71 bits per heavy atom. The number of hydrogen-bond donors (Lipinski definition) is 1. The fourth-order valence-electron chi connectivity index (χ4n) is 1.74. The molecule has 1 heterocycles. The summed E-state index contributed by atoms with van der Waals surface area (Å²) < 4.78 is 5.38. The van der Waals surface area contributed by atoms with Crippen molar-refractivity contribution in [2.45, 2.75) is 46.3 Å². The van der Waals surface area contributed by atoms with Crippen molar-refractivity contribution in [2.75, 3.05) is 13.7 Å². The van der Waals surface area contributed by atoms with Crippen molar-refractivity contribution in [1.29, 1.82) is 0 Å². The van der Waals surface area contributed by atoms with Gasteiger partial charge in [0.25, 0.3) is 0 Å². The second kappa shape index (κ2) is 7.35. The van der Waals surface area contributed by atoms with Crippen LogP contribution >= 0.6 is 0 Å². The maximum Gasteiger partial charge on any atom is 0.157 e. The van der Waals surface area contributed by atoms with Crippen LogP contribution in [0.25, 0.3) is 0 Å². The molecule has 0 saturated carbocycles. The predicted octanol–water partition coefficient (Wildman–Crippen LogP) is 2.38. The maximum atomic E-state index is 5.38. The second-order valence-corrected chi connectivity index (χ2v) is 4.17. The van der Waals surface area contributed by atoms with E-state index >= 15 is 0 Å². The lowest BCUT2D eigenvalue weighted by Crippen LogP contribution is -2.17. The molecule has 0 aliphatic rings. The number of hydrogen-bond acceptors (Lipinski definition) is 4. The zero-order valence-corrected chi connectivity index (χ0v) is 11.3. The summed E-state index contributed by atoms with van der Waals surface area (Å²) in [5.74, 6) is 0.795. The van der Waals surface area contributed by atoms with Crippen molar-refractivity contribution in [1.82, 2.24) is 15.3 Å². The Morgan fingerprint density at radius 2 is 2.12 bits per heavy atom. The van der Waals surface area contributed by atoms with E-state index in [1.54, 1.807) is 7.11 Å². The lowest BCUT2D eigenvalue weighted by atomic mass is 10.2. The first-order valence-corrected chi connectivity index (χ1v) is 6.29. The molecular weight excluding hydrogens is 214 g/mol. The topological polar surface area (TPSA) is 47.0 Å². The van der Waals surface area contributed by atoms with E-state index in [1.165, 1.54) is 0 Å². The number of nitrogens with one attached hydrogen (secondary N) is 1. The number of aromatic nitrogens is 2. The molecule has 1 N–H and O–H groups in total. The molecule has 1 rings (SSSR count). The summed E-state index contributed by atoms with van der Waals surface area (Å²) in [6.45, 7) is 8.04. The van der Waals surface area contributed by atoms with Gasteiger partial charge in [0.05, 0.1) is 5.69 Å². The summed E-state index contributed by atoms with van der Waals surface area (Å²) in [6, 6.07) is 2.02. The van der Waals surface area contributed by atoms with E-state index in [2.05, 4.69) is 29.1 Å². The third-order valence-electron chi connectivity index (χ3n) is 2.60. The van der Waals surface area contributed by atoms with Crippen LogP contribution in [0.5, 0.6) is 0 Å². The molecule has 1 atom stereocenters. The Balaban J connectivity index is 2.78. The Hall–Kier alpha value is -1.00. The second-order valence-electron chi connectivity index (χ2n) is 4.17. The number of methoxy groups -OCH3 is 1. The van der Waals surface area contributed by atoms with E-state index in [-0.39, 0.29) is 6.10 Å². The Bertz CT molecular complexity index is 337. The summed E-state index contributed by atoms with van der Waals surface area (Å²) in [4.78, 5) is 8.99. The molecule has 1 aromatic rings. The van der Waals surface area contributed by atoms with Crippen LogP contribution in [0, 0.1) is 6.92 Å². The van der Waals surface area contributed by atoms with Crippen molar-refractivity contribution in [3.63, 3.8) is 0 Å². The molecule has 0 radical (unpaired) electrons. The van der Waals surface area contributed by atoms with E-state index in [1.807, 2.05) is 13.0 Å². The van der Waals surface area contributed by atoms with Crippen molar-refractivity contribution >= 4 is 0 Å². The van der Waals surface area contributed by atoms with Crippen LogP contribution in [0.15, 0.2) is 6.07 Å². The normalized spacial score (nSPS) is 12.7. The predicted molar refractivity (Wildman–Crippen MR) is 68.8 cm³/mol. The van der Waals surface area contributed by atoms with Crippen LogP contribution in [-0.2, 0) is 11.3 Å². The summed E-state index contributed by atoms with van der Waals surface area (Å²) in [5, 5.41) is 3.35. The van der Waals surface area contributed by atoms with Gasteiger partial charge in [-0.2, -0.15) is 0 Å². The first-order valence-electron chi connectivity index (χ1n) is 6.29. The average molecular weight is 237 g/mol. The van der Waals surface area contributed by atoms with Crippen LogP contribution < -0.4 is 5.32 Å². The molecule has 1 aromatic heterocycles. The van der Waals surface area contributed by atoms with Crippen LogP contribution in [0.1, 0.15) is 50.0 Å². The smallest absolute Gasteiger partial charge is 0.157 e. The number of ether oxygens (including phenoxy) is 1. The van der Waals surface area contributed by atoms with E-state index < -0.39 is 0 Å². The first-order chi connectivity index (χ1) is 8.21. The molecule has 17 heavy (non-hydrogen) atoms. The largest absolute Gasteiger partial charge is 0.373 e. The zero-order valence-electron chi connectivity index (χ0n) is 11.3. The Labute approximate surface area is 104 Å². The van der Waals surface area contributed by atoms with Gasteiger partial charge in [0.15, 0.2) is 5.82 Å². The van der Waals surface area contributed by atoms with Gasteiger partial charge in [-0.15, -0.1) is 0 Å². The quantitative estimate of drug-likeness (QED) is 0.740. The van der Waals surface area contributed by atoms with Crippen LogP contribution in [-0.4, -0.2) is 23.6 Å². The number of aryl methyl sites for hydroxylation is 1. The highest BCUT2D eigenvalue weighted by atomic mass is 16.5. The van der Waals surface area contributed by atoms with Gasteiger partial charge in [0.1, 0.15) is 6.10 Å². The van der Waals surface area contributed by atoms with Crippen LogP contribution in [0.4, 0.5) is 0 Å². The fraction of sp³-hybridized carbons (Fsp3) is 0.692. The minimum Gasteiger partial charge on any atom is -0.373 e. The van der Waals surface area contributed by atoms with Gasteiger partial charge < -0.3 is 10.1 Å². The van der Waals surface area contributed by atoms with Gasteiger partial charge >= 0.3 is 0 Å². The molecule has 4 heteroatoms. The van der Waals surface area contributed by atoms with Gasteiger partial charge in [0, 0.05) is 19.3 Å². The van der Waals surface area contributed by atoms with Gasteiger partial charge in [-0.1, -0.05) is 13.8 Å². The first kappa shape index (κ1) is 14.1. The minimum atomic E-state index is -0.000162. The molecule has 0 aliphatic heterocycles. The third-order valence-corrected chi connectivity index (χ3v) is 2.60. The molecule has 0 bridgehead atoms. The lowest BCUT2D eigenvalue weighted by molar-refractivity contribution is 0.0922. The van der Waals surface area contributed by atoms with E-state index in [4.69, 9.17) is 4.74 Å². The highest BCUT2D eigenvalue weighted by molar-refractivity contribution is 5.11. The van der Waals surface area contributed by atoms with Crippen molar-refractivity contribution in [2.24, 2.45) is 0 Å². The molecule has 0 aliphatic carbocycles. The Kier molecular flexibility index (Phi) is 6.08. The van der Waals surface area contributed by atoms with Gasteiger partial charge in [-0.25, -0.2) is 9.97 Å². The zero-order chi connectivity index (χ0) is 12.7. The van der Waals surface area contributed by atoms with E-state index in [0.29, 0.717) is 0 Å². The monoisotopic (exact) mass is 237 g/mol. The summed E-state index contributed by atoms with van der Waals surface area (Å²) in [6.07, 6.45) is 2.02. The van der Waals surface area contributed by atoms with E-state index in [0.717, 1.165) is 43.1 Å². The lowest BCUT2D eigenvalue weighted by Gasteiger charge is -2.13. The number of nitrogens with zero attached hydrogens (tertiary/aromatic N) is 2. The summed E-state index contributed by atoms with van der Waals surface area (Å²) >= 11 is 0. The summed E-state index contributed by atoms with van der Waals surface area (Å²) in [7, 11) is 1.70. The molecule has 0 fully saturated rings. The number of rotatable bonds is 7. The van der Waals surface area contributed by atoms with Gasteiger partial charge in [-0.05, 0) is 32.4 Å². The molecule has 0 aromatic carbocycles.